The average molecular weight is 388 g/mol. The molecule has 132 valence electrons. The molecule has 1 unspecified atom stereocenters. The number of nitrogens with one attached hydrogen (secondary N) is 1. The van der Waals surface area contributed by atoms with Crippen molar-refractivity contribution in [2.45, 2.75) is 5.60 Å². The van der Waals surface area contributed by atoms with Crippen LogP contribution in [-0.2, 0) is 10.4 Å². The van der Waals surface area contributed by atoms with Crippen LogP contribution in [0.25, 0.3) is 11.3 Å². The predicted molar refractivity (Wildman–Crippen MR) is 102 cm³/mol. The highest BCUT2D eigenvalue weighted by Crippen LogP contribution is 2.47. The van der Waals surface area contributed by atoms with Crippen molar-refractivity contribution in [1.29, 1.82) is 0 Å². The number of rotatable bonds is 3. The van der Waals surface area contributed by atoms with Crippen LogP contribution >= 0.6 is 22.9 Å². The fraction of sp³-hybridized carbons (Fsp3) is 0.111. The molecule has 0 aliphatic carbocycles. The zero-order chi connectivity index (χ0) is 18.5. The van der Waals surface area contributed by atoms with Crippen molar-refractivity contribution in [2.75, 3.05) is 18.2 Å². The summed E-state index contributed by atoms with van der Waals surface area (Å²) in [5, 5.41) is 14.7. The molecule has 6 nitrogen and oxygen atoms in total. The molecule has 0 bridgehead atoms. The van der Waals surface area contributed by atoms with Gasteiger partial charge in [-0.3, -0.25) is 4.79 Å². The quantitative estimate of drug-likeness (QED) is 0.641. The van der Waals surface area contributed by atoms with Crippen molar-refractivity contribution >= 4 is 39.7 Å². The predicted octanol–water partition coefficient (Wildman–Crippen LogP) is 3.24. The minimum Gasteiger partial charge on any atom is -0.497 e. The van der Waals surface area contributed by atoms with Crippen LogP contribution < -0.4 is 15.8 Å². The number of methoxy groups -OCH3 is 1. The minimum absolute atomic E-state index is 0.252. The number of amides is 1. The van der Waals surface area contributed by atoms with Gasteiger partial charge in [0.1, 0.15) is 5.75 Å². The van der Waals surface area contributed by atoms with E-state index in [0.29, 0.717) is 38.2 Å². The molecular weight excluding hydrogens is 374 g/mol. The van der Waals surface area contributed by atoms with Gasteiger partial charge in [-0.15, -0.1) is 0 Å². The van der Waals surface area contributed by atoms with E-state index >= 15 is 0 Å². The average Bonchev–Trinajstić information content (AvgIpc) is 3.15. The molecule has 1 amide bonds. The van der Waals surface area contributed by atoms with Crippen LogP contribution in [0.15, 0.2) is 42.5 Å². The number of benzene rings is 2. The number of nitrogens with two attached hydrogens (primary N) is 1. The third-order valence-corrected chi connectivity index (χ3v) is 5.51. The molecule has 2 heterocycles. The number of fused-ring (bicyclic) bond motifs is 1. The van der Waals surface area contributed by atoms with Gasteiger partial charge < -0.3 is 20.9 Å². The van der Waals surface area contributed by atoms with Crippen molar-refractivity contribution < 1.29 is 14.6 Å². The van der Waals surface area contributed by atoms with Gasteiger partial charge in [-0.05, 0) is 42.5 Å². The monoisotopic (exact) mass is 387 g/mol. The number of hydrogen-bond donors (Lipinski definition) is 3. The van der Waals surface area contributed by atoms with E-state index in [-0.39, 0.29) is 5.13 Å². The summed E-state index contributed by atoms with van der Waals surface area (Å²) in [4.78, 5) is 17.4. The van der Waals surface area contributed by atoms with Crippen LogP contribution in [0, 0.1) is 0 Å². The molecule has 3 aromatic rings. The second kappa shape index (κ2) is 5.98. The SMILES string of the molecule is COc1ccc(-c2nc(N)sc2C2(O)C(=O)Nc3ccc(Cl)cc32)cc1. The van der Waals surface area contributed by atoms with Crippen molar-refractivity contribution in [3.05, 3.63) is 57.9 Å². The van der Waals surface area contributed by atoms with Gasteiger partial charge in [0.15, 0.2) is 5.13 Å². The van der Waals surface area contributed by atoms with Crippen molar-refractivity contribution in [1.82, 2.24) is 4.98 Å². The molecule has 4 rings (SSSR count). The molecule has 0 radical (unpaired) electrons. The Morgan fingerprint density at radius 1 is 1.27 bits per heavy atom. The Morgan fingerprint density at radius 3 is 2.69 bits per heavy atom. The molecular formula is C18H14ClN3O3S. The van der Waals surface area contributed by atoms with E-state index in [9.17, 15) is 9.90 Å². The highest BCUT2D eigenvalue weighted by Gasteiger charge is 2.50. The Balaban J connectivity index is 1.91. The number of carbonyl (C=O) groups excluding carboxylic acids is 1. The Labute approximate surface area is 158 Å². The third-order valence-electron chi connectivity index (χ3n) is 4.28. The number of halogens is 1. The number of nitrogens with zero attached hydrogens (tertiary/aromatic N) is 1. The fourth-order valence-electron chi connectivity index (χ4n) is 3.01. The Hall–Kier alpha value is -2.61. The summed E-state index contributed by atoms with van der Waals surface area (Å²) < 4.78 is 5.17. The molecule has 1 aromatic heterocycles. The minimum atomic E-state index is -1.91. The summed E-state index contributed by atoms with van der Waals surface area (Å²) in [6, 6.07) is 12.0. The highest BCUT2D eigenvalue weighted by molar-refractivity contribution is 7.16. The van der Waals surface area contributed by atoms with Gasteiger partial charge in [-0.1, -0.05) is 22.9 Å². The maximum Gasteiger partial charge on any atom is 0.266 e. The Morgan fingerprint density at radius 2 is 2.00 bits per heavy atom. The number of aliphatic hydroxyl groups is 1. The number of carbonyl (C=O) groups is 1. The summed E-state index contributed by atoms with van der Waals surface area (Å²) >= 11 is 7.15. The van der Waals surface area contributed by atoms with E-state index in [1.807, 2.05) is 0 Å². The molecule has 1 atom stereocenters. The summed E-state index contributed by atoms with van der Waals surface area (Å²) in [5.41, 5.74) is 6.05. The lowest BCUT2D eigenvalue weighted by molar-refractivity contribution is -0.129. The number of aromatic nitrogens is 1. The van der Waals surface area contributed by atoms with E-state index in [1.165, 1.54) is 0 Å². The Kier molecular flexibility index (Phi) is 3.87. The molecule has 1 aliphatic rings. The lowest BCUT2D eigenvalue weighted by atomic mass is 9.91. The standard InChI is InChI=1S/C18H14ClN3O3S/c1-25-11-5-2-9(3-6-11)14-15(26-17(20)22-14)18(24)12-8-10(19)4-7-13(12)21-16(18)23/h2-8,24H,1H3,(H2,20,22)(H,21,23). The van der Waals surface area contributed by atoms with Crippen LogP contribution in [0.1, 0.15) is 10.4 Å². The molecule has 1 aliphatic heterocycles. The van der Waals surface area contributed by atoms with Gasteiger partial charge >= 0.3 is 0 Å². The first-order valence-electron chi connectivity index (χ1n) is 7.68. The molecule has 0 saturated carbocycles. The zero-order valence-corrected chi connectivity index (χ0v) is 15.2. The van der Waals surface area contributed by atoms with E-state index < -0.39 is 11.5 Å². The molecule has 0 saturated heterocycles. The first-order chi connectivity index (χ1) is 12.4. The van der Waals surface area contributed by atoms with E-state index in [0.717, 1.165) is 11.3 Å². The zero-order valence-electron chi connectivity index (χ0n) is 13.6. The summed E-state index contributed by atoms with van der Waals surface area (Å²) in [6.07, 6.45) is 0. The first kappa shape index (κ1) is 16.8. The van der Waals surface area contributed by atoms with Gasteiger partial charge in [0.05, 0.1) is 17.7 Å². The fourth-order valence-corrected chi connectivity index (χ4v) is 4.14. The number of ether oxygens (including phenoxy) is 1. The summed E-state index contributed by atoms with van der Waals surface area (Å²) in [7, 11) is 1.58. The first-order valence-corrected chi connectivity index (χ1v) is 8.88. The van der Waals surface area contributed by atoms with Crippen LogP contribution in [-0.4, -0.2) is 23.1 Å². The van der Waals surface area contributed by atoms with Crippen molar-refractivity contribution in [2.24, 2.45) is 0 Å². The van der Waals surface area contributed by atoms with E-state index in [4.69, 9.17) is 22.1 Å². The van der Waals surface area contributed by atoms with Gasteiger partial charge in [-0.2, -0.15) is 0 Å². The maximum absolute atomic E-state index is 12.7. The number of thiazole rings is 1. The van der Waals surface area contributed by atoms with Crippen LogP contribution in [0.4, 0.5) is 10.8 Å². The van der Waals surface area contributed by atoms with Gasteiger partial charge in [0.25, 0.3) is 5.91 Å². The van der Waals surface area contributed by atoms with E-state index in [2.05, 4.69) is 10.3 Å². The highest BCUT2D eigenvalue weighted by atomic mass is 35.5. The number of anilines is 2. The smallest absolute Gasteiger partial charge is 0.266 e. The van der Waals surface area contributed by atoms with Gasteiger partial charge in [0.2, 0.25) is 5.60 Å². The van der Waals surface area contributed by atoms with Crippen molar-refractivity contribution in [3.8, 4) is 17.0 Å². The normalized spacial score (nSPS) is 18.5. The Bertz CT molecular complexity index is 1020. The second-order valence-electron chi connectivity index (χ2n) is 5.81. The molecule has 0 fully saturated rings. The number of nitrogen functional groups attached to an aromatic ring is 1. The number of hydrogen-bond acceptors (Lipinski definition) is 6. The van der Waals surface area contributed by atoms with Crippen LogP contribution in [0.2, 0.25) is 5.02 Å². The molecule has 4 N–H and O–H groups in total. The molecule has 2 aromatic carbocycles. The molecule has 0 spiro atoms. The van der Waals surface area contributed by atoms with Crippen molar-refractivity contribution in [3.63, 3.8) is 0 Å². The largest absolute Gasteiger partial charge is 0.497 e. The van der Waals surface area contributed by atoms with Gasteiger partial charge in [-0.25, -0.2) is 4.98 Å². The van der Waals surface area contributed by atoms with E-state index in [1.54, 1.807) is 49.6 Å². The summed E-state index contributed by atoms with van der Waals surface area (Å²) in [6.45, 7) is 0. The van der Waals surface area contributed by atoms with Gasteiger partial charge in [0, 0.05) is 21.8 Å². The molecule has 8 heteroatoms. The molecule has 26 heavy (non-hydrogen) atoms. The third kappa shape index (κ3) is 2.44. The van der Waals surface area contributed by atoms with Crippen LogP contribution in [0.5, 0.6) is 5.75 Å². The lowest BCUT2D eigenvalue weighted by Crippen LogP contribution is -2.35. The second-order valence-corrected chi connectivity index (χ2v) is 7.28. The summed E-state index contributed by atoms with van der Waals surface area (Å²) in [5.74, 6) is 0.126. The van der Waals surface area contributed by atoms with Crippen LogP contribution in [0.3, 0.4) is 0 Å². The lowest BCUT2D eigenvalue weighted by Gasteiger charge is -2.20. The maximum atomic E-state index is 12.7. The topological polar surface area (TPSA) is 97.5 Å².